The van der Waals surface area contributed by atoms with Gasteiger partial charge >= 0.3 is 0 Å². The second-order valence-electron chi connectivity index (χ2n) is 6.53. The second-order valence-corrected chi connectivity index (χ2v) is 6.53. The summed E-state index contributed by atoms with van der Waals surface area (Å²) in [5, 5.41) is 13.9. The standard InChI is InChI=1S/C19H15N7O4/c27-18-6-5-17(25-12-20-11-21-25)23-24(18)10-19(28)26-14(16-4-2-8-30-16)9-13(22-26)15-3-1-7-29-15/h1-8,11-12,14H,9-10H2/t14-/m1/s1. The highest BCUT2D eigenvalue weighted by atomic mass is 16.3. The van der Waals surface area contributed by atoms with Gasteiger partial charge in [-0.2, -0.15) is 10.2 Å². The Labute approximate surface area is 168 Å². The minimum atomic E-state index is -0.443. The van der Waals surface area contributed by atoms with Crippen LogP contribution in [0.15, 0.2) is 80.3 Å². The molecule has 11 heteroatoms. The number of amides is 1. The molecule has 4 aromatic rings. The minimum absolute atomic E-state index is 0.298. The fourth-order valence-corrected chi connectivity index (χ4v) is 3.24. The average molecular weight is 405 g/mol. The van der Waals surface area contributed by atoms with E-state index in [1.54, 1.807) is 30.5 Å². The first-order valence-electron chi connectivity index (χ1n) is 9.09. The van der Waals surface area contributed by atoms with Gasteiger partial charge in [-0.3, -0.25) is 9.59 Å². The molecule has 0 bridgehead atoms. The van der Waals surface area contributed by atoms with Crippen LogP contribution in [0.2, 0.25) is 0 Å². The van der Waals surface area contributed by atoms with Gasteiger partial charge in [0.2, 0.25) is 0 Å². The monoisotopic (exact) mass is 405 g/mol. The van der Waals surface area contributed by atoms with E-state index < -0.39 is 17.5 Å². The molecular formula is C19H15N7O4. The van der Waals surface area contributed by atoms with Gasteiger partial charge in [0, 0.05) is 12.5 Å². The predicted molar refractivity (Wildman–Crippen MR) is 102 cm³/mol. The number of hydrogen-bond acceptors (Lipinski definition) is 8. The summed E-state index contributed by atoms with van der Waals surface area (Å²) < 4.78 is 13.4. The average Bonchev–Trinajstić information content (AvgIpc) is 3.56. The predicted octanol–water partition coefficient (Wildman–Crippen LogP) is 1.39. The molecule has 5 rings (SSSR count). The van der Waals surface area contributed by atoms with E-state index in [0.717, 1.165) is 4.68 Å². The van der Waals surface area contributed by atoms with E-state index in [0.29, 0.717) is 29.5 Å². The lowest BCUT2D eigenvalue weighted by atomic mass is 10.1. The molecule has 150 valence electrons. The first-order chi connectivity index (χ1) is 14.7. The molecule has 0 N–H and O–H groups in total. The quantitative estimate of drug-likeness (QED) is 0.491. The smallest absolute Gasteiger partial charge is 0.267 e. The van der Waals surface area contributed by atoms with Crippen molar-refractivity contribution in [1.82, 2.24) is 29.6 Å². The second kappa shape index (κ2) is 7.28. The van der Waals surface area contributed by atoms with Crippen LogP contribution in [0.4, 0.5) is 0 Å². The maximum absolute atomic E-state index is 13.1. The SMILES string of the molecule is O=C(Cn1nc(-n2cncn2)ccc1=O)N1N=C(c2ccco2)C[C@@H]1c1ccco1. The Hall–Kier alpha value is -4.28. The minimum Gasteiger partial charge on any atom is -0.467 e. The summed E-state index contributed by atoms with van der Waals surface area (Å²) in [6, 6.07) is 9.44. The van der Waals surface area contributed by atoms with Crippen LogP contribution in [0.3, 0.4) is 0 Å². The molecule has 0 spiro atoms. The van der Waals surface area contributed by atoms with Gasteiger partial charge in [-0.15, -0.1) is 5.10 Å². The summed E-state index contributed by atoms with van der Waals surface area (Å²) in [5.74, 6) is 1.11. The third-order valence-corrected chi connectivity index (χ3v) is 4.63. The van der Waals surface area contributed by atoms with Gasteiger partial charge in [0.1, 0.15) is 42.5 Å². The summed E-state index contributed by atoms with van der Waals surface area (Å²) in [6.45, 7) is -0.298. The molecule has 0 aromatic carbocycles. The number of aromatic nitrogens is 5. The van der Waals surface area contributed by atoms with Crippen LogP contribution in [-0.4, -0.2) is 41.2 Å². The Bertz CT molecular complexity index is 1240. The van der Waals surface area contributed by atoms with Gasteiger partial charge in [-0.1, -0.05) is 0 Å². The largest absolute Gasteiger partial charge is 0.467 e. The molecule has 0 radical (unpaired) electrons. The van der Waals surface area contributed by atoms with E-state index in [4.69, 9.17) is 8.83 Å². The van der Waals surface area contributed by atoms with Crippen molar-refractivity contribution in [2.24, 2.45) is 5.10 Å². The zero-order valence-electron chi connectivity index (χ0n) is 15.5. The molecule has 0 aliphatic carbocycles. The molecule has 0 saturated carbocycles. The normalized spacial score (nSPS) is 16.1. The van der Waals surface area contributed by atoms with Gasteiger partial charge in [0.15, 0.2) is 5.82 Å². The molecular weight excluding hydrogens is 390 g/mol. The topological polar surface area (TPSA) is 125 Å². The van der Waals surface area contributed by atoms with Crippen LogP contribution in [-0.2, 0) is 11.3 Å². The lowest BCUT2D eigenvalue weighted by Gasteiger charge is -2.20. The van der Waals surface area contributed by atoms with Crippen molar-refractivity contribution in [3.8, 4) is 5.82 Å². The highest BCUT2D eigenvalue weighted by molar-refractivity contribution is 6.01. The lowest BCUT2D eigenvalue weighted by Crippen LogP contribution is -2.35. The molecule has 0 saturated heterocycles. The Balaban J connectivity index is 1.45. The molecule has 0 unspecified atom stereocenters. The van der Waals surface area contributed by atoms with Crippen molar-refractivity contribution in [2.75, 3.05) is 0 Å². The number of carbonyl (C=O) groups excluding carboxylic acids is 1. The lowest BCUT2D eigenvalue weighted by molar-refractivity contribution is -0.134. The zero-order chi connectivity index (χ0) is 20.5. The van der Waals surface area contributed by atoms with Crippen molar-refractivity contribution in [2.45, 2.75) is 19.0 Å². The molecule has 1 amide bonds. The van der Waals surface area contributed by atoms with E-state index in [1.165, 1.54) is 40.7 Å². The molecule has 0 fully saturated rings. The first-order valence-corrected chi connectivity index (χ1v) is 9.09. The Morgan fingerprint density at radius 2 is 2.00 bits per heavy atom. The zero-order valence-corrected chi connectivity index (χ0v) is 15.5. The maximum atomic E-state index is 13.1. The fraction of sp³-hybridized carbons (Fsp3) is 0.158. The molecule has 11 nitrogen and oxygen atoms in total. The first kappa shape index (κ1) is 17.8. The van der Waals surface area contributed by atoms with E-state index in [9.17, 15) is 9.59 Å². The number of hydrogen-bond donors (Lipinski definition) is 0. The van der Waals surface area contributed by atoms with Crippen LogP contribution in [0.1, 0.15) is 24.0 Å². The molecule has 30 heavy (non-hydrogen) atoms. The number of hydrazone groups is 1. The maximum Gasteiger partial charge on any atom is 0.267 e. The molecule has 1 atom stereocenters. The summed E-state index contributed by atoms with van der Waals surface area (Å²) in [5.41, 5.74) is 0.197. The number of nitrogens with zero attached hydrogens (tertiary/aromatic N) is 7. The number of carbonyl (C=O) groups is 1. The molecule has 1 aliphatic heterocycles. The molecule has 5 heterocycles. The summed E-state index contributed by atoms with van der Waals surface area (Å²) in [7, 11) is 0. The van der Waals surface area contributed by atoms with Crippen molar-refractivity contribution in [3.63, 3.8) is 0 Å². The van der Waals surface area contributed by atoms with Crippen LogP contribution >= 0.6 is 0 Å². The Morgan fingerprint density at radius 1 is 1.13 bits per heavy atom. The van der Waals surface area contributed by atoms with E-state index in [-0.39, 0.29) is 6.54 Å². The van der Waals surface area contributed by atoms with Crippen LogP contribution in [0, 0.1) is 0 Å². The van der Waals surface area contributed by atoms with Crippen molar-refractivity contribution in [3.05, 3.63) is 83.5 Å². The van der Waals surface area contributed by atoms with Gasteiger partial charge < -0.3 is 8.83 Å². The number of rotatable bonds is 5. The van der Waals surface area contributed by atoms with Crippen LogP contribution in [0.25, 0.3) is 5.82 Å². The third kappa shape index (κ3) is 3.21. The Kier molecular flexibility index (Phi) is 4.32. The van der Waals surface area contributed by atoms with E-state index in [2.05, 4.69) is 20.3 Å². The molecule has 1 aliphatic rings. The van der Waals surface area contributed by atoms with Gasteiger partial charge in [-0.05, 0) is 30.3 Å². The van der Waals surface area contributed by atoms with E-state index in [1.807, 2.05) is 0 Å². The fourth-order valence-electron chi connectivity index (χ4n) is 3.24. The summed E-state index contributed by atoms with van der Waals surface area (Å²) in [6.07, 6.45) is 6.31. The van der Waals surface area contributed by atoms with Gasteiger partial charge in [0.05, 0.1) is 12.5 Å². The highest BCUT2D eigenvalue weighted by Gasteiger charge is 2.36. The van der Waals surface area contributed by atoms with Gasteiger partial charge in [-0.25, -0.2) is 19.4 Å². The molecule has 4 aromatic heterocycles. The number of furan rings is 2. The highest BCUT2D eigenvalue weighted by Crippen LogP contribution is 2.33. The van der Waals surface area contributed by atoms with Crippen LogP contribution < -0.4 is 5.56 Å². The summed E-state index contributed by atoms with van der Waals surface area (Å²) >= 11 is 0. The van der Waals surface area contributed by atoms with Crippen LogP contribution in [0.5, 0.6) is 0 Å². The van der Waals surface area contributed by atoms with Gasteiger partial charge in [0.25, 0.3) is 11.5 Å². The van der Waals surface area contributed by atoms with E-state index >= 15 is 0 Å². The van der Waals surface area contributed by atoms with Crippen molar-refractivity contribution >= 4 is 11.6 Å². The Morgan fingerprint density at radius 3 is 2.73 bits per heavy atom. The van der Waals surface area contributed by atoms with Crippen molar-refractivity contribution in [1.29, 1.82) is 0 Å². The third-order valence-electron chi connectivity index (χ3n) is 4.63. The van der Waals surface area contributed by atoms with Crippen molar-refractivity contribution < 1.29 is 13.6 Å². The summed E-state index contributed by atoms with van der Waals surface area (Å²) in [4.78, 5) is 29.2.